The molecule has 1 unspecified atom stereocenters. The zero-order chi connectivity index (χ0) is 44.2. The number of halogens is 5. The van der Waals surface area contributed by atoms with Crippen molar-refractivity contribution in [2.75, 3.05) is 54.8 Å². The largest absolute Gasteiger partial charge is 0.391 e. The number of benzene rings is 2. The number of nitrogens with one attached hydrogen (secondary N) is 3. The lowest BCUT2D eigenvalue weighted by molar-refractivity contribution is 0.176. The smallest absolute Gasteiger partial charge is 0.322 e. The molecule has 4 saturated heterocycles. The Kier molecular flexibility index (Phi) is 18.3. The number of aromatic nitrogens is 6. The molecule has 0 bridgehead atoms. The van der Waals surface area contributed by atoms with Gasteiger partial charge >= 0.3 is 12.1 Å². The molecule has 4 atom stereocenters. The molecule has 15 nitrogen and oxygen atoms in total. The summed E-state index contributed by atoms with van der Waals surface area (Å²) in [6.07, 6.45) is 12.2. The summed E-state index contributed by atoms with van der Waals surface area (Å²) < 4.78 is 30.8. The van der Waals surface area contributed by atoms with Crippen molar-refractivity contribution in [3.8, 4) is 0 Å². The molecule has 66 heavy (non-hydrogen) atoms. The molecule has 0 radical (unpaired) electrons. The van der Waals surface area contributed by atoms with E-state index in [1.165, 1.54) is 34.8 Å². The number of carbonyl (C=O) groups is 2. The molecule has 4 amide bonds. The van der Waals surface area contributed by atoms with Crippen LogP contribution in [0.15, 0.2) is 82.3 Å². The second kappa shape index (κ2) is 23.2. The van der Waals surface area contributed by atoms with Gasteiger partial charge in [0.15, 0.2) is 11.3 Å². The van der Waals surface area contributed by atoms with Gasteiger partial charge in [0.2, 0.25) is 0 Å². The number of fused-ring (bicyclic) bond motifs is 2. The third kappa shape index (κ3) is 12.1. The minimum atomic E-state index is -0.442. The fraction of sp³-hybridized carbons (Fsp3) is 0.435. The van der Waals surface area contributed by atoms with Gasteiger partial charge in [0.1, 0.15) is 34.0 Å². The van der Waals surface area contributed by atoms with Gasteiger partial charge in [-0.2, -0.15) is 10.2 Å². The van der Waals surface area contributed by atoms with Gasteiger partial charge in [-0.25, -0.2) is 37.4 Å². The van der Waals surface area contributed by atoms with Crippen LogP contribution in [0, 0.1) is 17.6 Å². The highest BCUT2D eigenvalue weighted by Crippen LogP contribution is 2.37. The Morgan fingerprint density at radius 3 is 1.92 bits per heavy atom. The van der Waals surface area contributed by atoms with Crippen molar-refractivity contribution < 1.29 is 23.5 Å². The highest BCUT2D eigenvalue weighted by atomic mass is 79.9. The van der Waals surface area contributed by atoms with Gasteiger partial charge in [-0.15, -0.1) is 0 Å². The van der Waals surface area contributed by atoms with Gasteiger partial charge in [-0.1, -0.05) is 52.9 Å². The lowest BCUT2D eigenvalue weighted by Gasteiger charge is -2.26. The van der Waals surface area contributed by atoms with E-state index in [-0.39, 0.29) is 52.0 Å². The molecule has 356 valence electrons. The predicted octanol–water partition coefficient (Wildman–Crippen LogP) is 10.7. The fourth-order valence-electron chi connectivity index (χ4n) is 8.28. The molecule has 4 fully saturated rings. The monoisotopic (exact) mass is 1060 g/mol. The number of anilines is 3. The maximum atomic E-state index is 13.7. The van der Waals surface area contributed by atoms with Crippen molar-refractivity contribution in [1.82, 2.24) is 44.3 Å². The number of β-amino-alcohol motifs (C(OH)–C–C–N with tert-alkyl or cyclic N) is 1. The first kappa shape index (κ1) is 52.0. The van der Waals surface area contributed by atoms with Crippen LogP contribution in [0.4, 0.5) is 35.6 Å². The van der Waals surface area contributed by atoms with Crippen LogP contribution in [0.3, 0.4) is 0 Å². The van der Waals surface area contributed by atoms with E-state index in [4.69, 9.17) is 16.6 Å². The lowest BCUT2D eigenvalue weighted by Crippen LogP contribution is -2.33. The minimum absolute atomic E-state index is 0. The van der Waals surface area contributed by atoms with E-state index in [9.17, 15) is 23.5 Å². The van der Waals surface area contributed by atoms with Crippen molar-refractivity contribution in [2.45, 2.75) is 85.9 Å². The average molecular weight is 1060 g/mol. The number of aliphatic hydroxyl groups excluding tert-OH is 1. The summed E-state index contributed by atoms with van der Waals surface area (Å²) >= 11 is 12.3. The average Bonchev–Trinajstić information content (AvgIpc) is 4.14. The van der Waals surface area contributed by atoms with Crippen molar-refractivity contribution in [3.05, 3.63) is 110 Å². The van der Waals surface area contributed by atoms with Crippen LogP contribution < -0.4 is 20.9 Å². The van der Waals surface area contributed by atoms with Crippen LogP contribution in [0.25, 0.3) is 11.3 Å². The zero-order valence-corrected chi connectivity index (χ0v) is 38.3. The second-order valence-electron chi connectivity index (χ2n) is 16.1. The molecule has 20 heteroatoms. The van der Waals surface area contributed by atoms with Crippen molar-refractivity contribution >= 4 is 84.0 Å². The number of rotatable bonds is 5. The summed E-state index contributed by atoms with van der Waals surface area (Å²) in [5.41, 5.74) is 4.42. The zero-order valence-electron chi connectivity index (χ0n) is 34.4. The molecule has 0 saturated carbocycles. The standard InChI is InChI=1S/C22H24BrFN6O.C11H12ClN5O2.C10H11BrFN.3CH4/c1-14-6-9-28(13-14)22(31)26-18-12-25-30-10-7-20(27-21(18)30)29-8-2-3-19(29)15-4-5-17(24)16(23)11-15;12-9-2-4-17-10(15-9)8(5-13-17)14-11(19)16-3-1-7(18)6-16;11-8-6-7(3-4-9(8)12)10-2-1-5-13-10;;;/h4-5,7,10-12,14,19H,2-3,6,8-9,13H2,1H3,(H,26,31);2,4-5,7,18H,1,3,6H2,(H,14,19);3-4,6,10,13H,1-2,5H2;3*1H4/t14-,19+;7-;;;;/m00..../s1. The number of aliphatic hydroxyl groups is 1. The lowest BCUT2D eigenvalue weighted by atomic mass is 10.0. The summed E-state index contributed by atoms with van der Waals surface area (Å²) in [6.45, 7) is 6.52. The molecule has 8 heterocycles. The van der Waals surface area contributed by atoms with Crippen LogP contribution in [-0.4, -0.2) is 102 Å². The molecule has 4 aromatic heterocycles. The maximum Gasteiger partial charge on any atom is 0.322 e. The summed E-state index contributed by atoms with van der Waals surface area (Å²) in [5.74, 6) is 0.890. The highest BCUT2D eigenvalue weighted by Gasteiger charge is 2.29. The maximum absolute atomic E-state index is 13.7. The van der Waals surface area contributed by atoms with Crippen LogP contribution in [0.2, 0.25) is 5.15 Å². The van der Waals surface area contributed by atoms with E-state index >= 15 is 0 Å². The normalized spacial score (nSPS) is 19.8. The second-order valence-corrected chi connectivity index (χ2v) is 18.2. The summed E-state index contributed by atoms with van der Waals surface area (Å²) in [5, 5.41) is 27.2. The quantitative estimate of drug-likeness (QED) is 0.123. The van der Waals surface area contributed by atoms with Crippen LogP contribution >= 0.6 is 43.5 Å². The molecule has 6 aromatic rings. The number of urea groups is 2. The fourth-order valence-corrected chi connectivity index (χ4v) is 9.21. The van der Waals surface area contributed by atoms with Crippen molar-refractivity contribution in [1.29, 1.82) is 0 Å². The van der Waals surface area contributed by atoms with E-state index in [2.05, 4.69) is 74.8 Å². The molecule has 0 aliphatic carbocycles. The van der Waals surface area contributed by atoms with Gasteiger partial charge in [-0.05, 0) is 130 Å². The number of nitrogens with zero attached hydrogens (tertiary/aromatic N) is 9. The van der Waals surface area contributed by atoms with E-state index in [0.717, 1.165) is 63.2 Å². The van der Waals surface area contributed by atoms with E-state index in [1.807, 2.05) is 41.4 Å². The number of carbonyl (C=O) groups excluding carboxylic acids is 2. The van der Waals surface area contributed by atoms with Crippen LogP contribution in [0.1, 0.15) is 90.9 Å². The number of hydrogen-bond donors (Lipinski definition) is 4. The number of hydrogen-bond acceptors (Lipinski definition) is 9. The molecule has 0 spiro atoms. The third-order valence-corrected chi connectivity index (χ3v) is 13.0. The van der Waals surface area contributed by atoms with Crippen molar-refractivity contribution in [3.63, 3.8) is 0 Å². The first-order chi connectivity index (χ1) is 30.4. The van der Waals surface area contributed by atoms with Gasteiger partial charge in [-0.3, -0.25) is 0 Å². The Bertz CT molecular complexity index is 2600. The number of likely N-dealkylation sites (tertiary alicyclic amines) is 2. The topological polar surface area (TPSA) is 161 Å². The first-order valence-corrected chi connectivity index (χ1v) is 22.9. The Labute approximate surface area is 406 Å². The van der Waals surface area contributed by atoms with E-state index in [0.29, 0.717) is 68.2 Å². The van der Waals surface area contributed by atoms with Gasteiger partial charge in [0.05, 0.1) is 33.5 Å². The first-order valence-electron chi connectivity index (χ1n) is 20.9. The van der Waals surface area contributed by atoms with Gasteiger partial charge in [0.25, 0.3) is 0 Å². The van der Waals surface area contributed by atoms with E-state index in [1.54, 1.807) is 27.9 Å². The molecular formula is C46H59Br2ClF2N12O3. The molecule has 10 rings (SSSR count). The Morgan fingerprint density at radius 1 is 0.758 bits per heavy atom. The highest BCUT2D eigenvalue weighted by molar-refractivity contribution is 9.10. The predicted molar refractivity (Wildman–Crippen MR) is 264 cm³/mol. The van der Waals surface area contributed by atoms with Crippen LogP contribution in [-0.2, 0) is 0 Å². The Morgan fingerprint density at radius 2 is 1.35 bits per heavy atom. The summed E-state index contributed by atoms with van der Waals surface area (Å²) in [7, 11) is 0. The Hall–Kier alpha value is -4.95. The SMILES string of the molecule is C.C.C.C[C@H]1CCN(C(=O)Nc2cnn3ccc(N4CCC[C@@H]4c4ccc(F)c(Br)c4)nc23)C1.Fc1ccc(C2CCCN2)cc1Br.O=C(Nc1cnn2ccc(Cl)nc12)N1CC[C@H](O)C1. The molecular weight excluding hydrogens is 1000 g/mol. The molecule has 2 aromatic carbocycles. The number of amides is 4. The minimum Gasteiger partial charge on any atom is -0.391 e. The molecule has 4 aliphatic rings. The van der Waals surface area contributed by atoms with Gasteiger partial charge < -0.3 is 35.8 Å². The third-order valence-electron chi connectivity index (χ3n) is 11.6. The van der Waals surface area contributed by atoms with Gasteiger partial charge in [0, 0.05) is 51.2 Å². The molecule has 4 aliphatic heterocycles. The van der Waals surface area contributed by atoms with E-state index < -0.39 is 6.10 Å². The Balaban J connectivity index is 0.000000200. The molecule has 4 N–H and O–H groups in total. The summed E-state index contributed by atoms with van der Waals surface area (Å²) in [4.78, 5) is 39.2. The summed E-state index contributed by atoms with van der Waals surface area (Å²) in [6, 6.07) is 14.1. The van der Waals surface area contributed by atoms with Crippen LogP contribution in [0.5, 0.6) is 0 Å². The van der Waals surface area contributed by atoms with Crippen molar-refractivity contribution in [2.24, 2.45) is 5.92 Å².